The van der Waals surface area contributed by atoms with Crippen LogP contribution in [-0.4, -0.2) is 48.2 Å². The minimum absolute atomic E-state index is 0.524. The molecule has 1 aliphatic rings. The molecule has 1 rings (SSSR count). The lowest BCUT2D eigenvalue weighted by Gasteiger charge is -2.39. The van der Waals surface area contributed by atoms with Crippen LogP contribution >= 0.6 is 0 Å². The first-order valence-electron chi connectivity index (χ1n) is 8.06. The number of nitrogens with one attached hydrogen (secondary N) is 1. The van der Waals surface area contributed by atoms with Gasteiger partial charge in [-0.2, -0.15) is 0 Å². The second kappa shape index (κ2) is 7.41. The third-order valence-corrected chi connectivity index (χ3v) is 5.49. The summed E-state index contributed by atoms with van der Waals surface area (Å²) in [6, 6.07) is 0. The van der Waals surface area contributed by atoms with Crippen molar-refractivity contribution >= 4 is 5.97 Å². The van der Waals surface area contributed by atoms with E-state index >= 15 is 0 Å². The molecule has 1 fully saturated rings. The van der Waals surface area contributed by atoms with Crippen LogP contribution in [0.1, 0.15) is 59.3 Å². The zero-order valence-corrected chi connectivity index (χ0v) is 13.7. The van der Waals surface area contributed by atoms with E-state index in [2.05, 4.69) is 24.1 Å². The average molecular weight is 284 g/mol. The summed E-state index contributed by atoms with van der Waals surface area (Å²) in [5, 5.41) is 12.4. The molecule has 1 unspecified atom stereocenters. The van der Waals surface area contributed by atoms with E-state index in [1.807, 2.05) is 6.92 Å². The summed E-state index contributed by atoms with van der Waals surface area (Å²) in [7, 11) is 1.76. The third-order valence-electron chi connectivity index (χ3n) is 5.49. The first-order valence-corrected chi connectivity index (χ1v) is 8.06. The number of rotatable bonds is 8. The van der Waals surface area contributed by atoms with E-state index in [1.54, 1.807) is 7.05 Å². The summed E-state index contributed by atoms with van der Waals surface area (Å²) in [4.78, 5) is 13.9. The second-order valence-corrected chi connectivity index (χ2v) is 6.60. The van der Waals surface area contributed by atoms with Crippen molar-refractivity contribution in [1.82, 2.24) is 10.2 Å². The topological polar surface area (TPSA) is 52.6 Å². The van der Waals surface area contributed by atoms with E-state index in [0.29, 0.717) is 18.3 Å². The fourth-order valence-electron chi connectivity index (χ4n) is 3.12. The van der Waals surface area contributed by atoms with Gasteiger partial charge in [-0.25, -0.2) is 0 Å². The SMILES string of the molecule is CCC1(C)CCN(CCCC(CC)(NC)C(=O)O)CC1. The Morgan fingerprint density at radius 3 is 2.35 bits per heavy atom. The summed E-state index contributed by atoms with van der Waals surface area (Å²) in [6.07, 6.45) is 6.09. The molecule has 2 N–H and O–H groups in total. The highest BCUT2D eigenvalue weighted by atomic mass is 16.4. The minimum Gasteiger partial charge on any atom is -0.480 e. The van der Waals surface area contributed by atoms with Gasteiger partial charge in [0, 0.05) is 0 Å². The Hall–Kier alpha value is -0.610. The molecule has 0 bridgehead atoms. The summed E-state index contributed by atoms with van der Waals surface area (Å²) in [5.41, 5.74) is -0.219. The fourth-order valence-corrected chi connectivity index (χ4v) is 3.12. The number of aliphatic carboxylic acids is 1. The van der Waals surface area contributed by atoms with Gasteiger partial charge in [-0.1, -0.05) is 27.2 Å². The Morgan fingerprint density at radius 2 is 1.95 bits per heavy atom. The van der Waals surface area contributed by atoms with Gasteiger partial charge in [-0.05, 0) is 64.2 Å². The van der Waals surface area contributed by atoms with E-state index in [9.17, 15) is 9.90 Å². The molecule has 0 radical (unpaired) electrons. The molecule has 0 aromatic carbocycles. The van der Waals surface area contributed by atoms with Crippen molar-refractivity contribution in [3.05, 3.63) is 0 Å². The zero-order chi connectivity index (χ0) is 15.2. The van der Waals surface area contributed by atoms with Gasteiger partial charge in [0.15, 0.2) is 0 Å². The molecule has 0 aliphatic carbocycles. The van der Waals surface area contributed by atoms with Gasteiger partial charge >= 0.3 is 5.97 Å². The summed E-state index contributed by atoms with van der Waals surface area (Å²) in [6.45, 7) is 9.96. The lowest BCUT2D eigenvalue weighted by atomic mass is 9.78. The molecule has 118 valence electrons. The molecule has 0 spiro atoms. The Bertz CT molecular complexity index is 306. The molecule has 1 heterocycles. The number of piperidine rings is 1. The normalized spacial score (nSPS) is 22.4. The molecule has 0 aromatic rings. The number of carboxylic acid groups (broad SMARTS) is 1. The van der Waals surface area contributed by atoms with Gasteiger partial charge in [-0.3, -0.25) is 4.79 Å². The number of likely N-dealkylation sites (tertiary alicyclic amines) is 1. The van der Waals surface area contributed by atoms with E-state index < -0.39 is 11.5 Å². The Kier molecular flexibility index (Phi) is 6.46. The van der Waals surface area contributed by atoms with Gasteiger partial charge in [-0.15, -0.1) is 0 Å². The standard InChI is InChI=1S/C16H32N2O2/c1-5-15(3)9-12-18(13-10-15)11-7-8-16(6-2,17-4)14(19)20/h17H,5-13H2,1-4H3,(H,19,20). The zero-order valence-electron chi connectivity index (χ0n) is 13.7. The largest absolute Gasteiger partial charge is 0.480 e. The van der Waals surface area contributed by atoms with Crippen molar-refractivity contribution in [1.29, 1.82) is 0 Å². The predicted octanol–water partition coefficient (Wildman–Crippen LogP) is 2.73. The maximum absolute atomic E-state index is 11.4. The van der Waals surface area contributed by atoms with Crippen LogP contribution in [-0.2, 0) is 4.79 Å². The van der Waals surface area contributed by atoms with Crippen molar-refractivity contribution in [2.45, 2.75) is 64.8 Å². The third kappa shape index (κ3) is 4.19. The summed E-state index contributed by atoms with van der Waals surface area (Å²) >= 11 is 0. The minimum atomic E-state index is -0.742. The summed E-state index contributed by atoms with van der Waals surface area (Å²) in [5.74, 6) is -0.722. The molecule has 4 heteroatoms. The molecule has 1 saturated heterocycles. The van der Waals surface area contributed by atoms with Crippen LogP contribution in [0.15, 0.2) is 0 Å². The molecular weight excluding hydrogens is 252 g/mol. The Morgan fingerprint density at radius 1 is 1.35 bits per heavy atom. The second-order valence-electron chi connectivity index (χ2n) is 6.60. The van der Waals surface area contributed by atoms with Gasteiger partial charge in [0.1, 0.15) is 5.54 Å². The number of hydrogen-bond donors (Lipinski definition) is 2. The molecule has 0 amide bonds. The van der Waals surface area contributed by atoms with Crippen LogP contribution in [0, 0.1) is 5.41 Å². The van der Waals surface area contributed by atoms with E-state index in [1.165, 1.54) is 19.3 Å². The number of likely N-dealkylation sites (N-methyl/N-ethyl adjacent to an activating group) is 1. The van der Waals surface area contributed by atoms with Crippen LogP contribution in [0.2, 0.25) is 0 Å². The van der Waals surface area contributed by atoms with Crippen LogP contribution in [0.5, 0.6) is 0 Å². The van der Waals surface area contributed by atoms with Gasteiger partial charge in [0.2, 0.25) is 0 Å². The molecule has 1 atom stereocenters. The lowest BCUT2D eigenvalue weighted by molar-refractivity contribution is -0.145. The van der Waals surface area contributed by atoms with Gasteiger partial charge < -0.3 is 15.3 Å². The molecule has 0 saturated carbocycles. The van der Waals surface area contributed by atoms with Crippen molar-refractivity contribution < 1.29 is 9.90 Å². The van der Waals surface area contributed by atoms with Crippen LogP contribution in [0.4, 0.5) is 0 Å². The number of nitrogens with zero attached hydrogens (tertiary/aromatic N) is 1. The fraction of sp³-hybridized carbons (Fsp3) is 0.938. The highest BCUT2D eigenvalue weighted by Crippen LogP contribution is 2.34. The molecular formula is C16H32N2O2. The predicted molar refractivity (Wildman–Crippen MR) is 83.0 cm³/mol. The Labute approximate surface area is 123 Å². The molecule has 4 nitrogen and oxygen atoms in total. The first kappa shape index (κ1) is 17.4. The number of carbonyl (C=O) groups is 1. The van der Waals surface area contributed by atoms with Gasteiger partial charge in [0.25, 0.3) is 0 Å². The molecule has 20 heavy (non-hydrogen) atoms. The smallest absolute Gasteiger partial charge is 0.323 e. The van der Waals surface area contributed by atoms with Crippen LogP contribution in [0.3, 0.4) is 0 Å². The van der Waals surface area contributed by atoms with E-state index in [-0.39, 0.29) is 0 Å². The molecule has 0 aromatic heterocycles. The van der Waals surface area contributed by atoms with Crippen molar-refractivity contribution in [2.75, 3.05) is 26.7 Å². The number of hydrogen-bond acceptors (Lipinski definition) is 3. The Balaban J connectivity index is 2.36. The maximum Gasteiger partial charge on any atom is 0.323 e. The van der Waals surface area contributed by atoms with Crippen molar-refractivity contribution in [2.24, 2.45) is 5.41 Å². The van der Waals surface area contributed by atoms with E-state index in [4.69, 9.17) is 0 Å². The molecule has 1 aliphatic heterocycles. The highest BCUT2D eigenvalue weighted by Gasteiger charge is 2.34. The highest BCUT2D eigenvalue weighted by molar-refractivity contribution is 5.78. The van der Waals surface area contributed by atoms with Crippen molar-refractivity contribution in [3.8, 4) is 0 Å². The van der Waals surface area contributed by atoms with Crippen molar-refractivity contribution in [3.63, 3.8) is 0 Å². The lowest BCUT2D eigenvalue weighted by Crippen LogP contribution is -2.50. The maximum atomic E-state index is 11.4. The summed E-state index contributed by atoms with van der Waals surface area (Å²) < 4.78 is 0. The first-order chi connectivity index (χ1) is 9.41. The monoisotopic (exact) mass is 284 g/mol. The van der Waals surface area contributed by atoms with Crippen LogP contribution < -0.4 is 5.32 Å². The quantitative estimate of drug-likeness (QED) is 0.719. The average Bonchev–Trinajstić information content (AvgIpc) is 2.46. The van der Waals surface area contributed by atoms with Crippen LogP contribution in [0.25, 0.3) is 0 Å². The van der Waals surface area contributed by atoms with Gasteiger partial charge in [0.05, 0.1) is 0 Å². The van der Waals surface area contributed by atoms with E-state index in [0.717, 1.165) is 26.1 Å². The number of carboxylic acids is 1.